The third-order valence-corrected chi connectivity index (χ3v) is 3.63. The van der Waals surface area contributed by atoms with Gasteiger partial charge < -0.3 is 0 Å². The highest BCUT2D eigenvalue weighted by Gasteiger charge is 2.19. The number of fused-ring (bicyclic) bond motifs is 1. The molecule has 0 fully saturated rings. The first kappa shape index (κ1) is 14.1. The fourth-order valence-electron chi connectivity index (χ4n) is 2.09. The van der Waals surface area contributed by atoms with Gasteiger partial charge in [-0.1, -0.05) is 45.0 Å². The summed E-state index contributed by atoms with van der Waals surface area (Å²) in [6, 6.07) is 14.1. The summed E-state index contributed by atoms with van der Waals surface area (Å²) in [6.45, 7) is 6.31. The molecule has 1 aromatic carbocycles. The molecule has 0 atom stereocenters. The van der Waals surface area contributed by atoms with Crippen molar-refractivity contribution in [1.29, 1.82) is 0 Å². The molecular weight excluding hydrogens is 326 g/mol. The third-order valence-electron chi connectivity index (χ3n) is 3.23. The minimum absolute atomic E-state index is 0.102. The number of pyridine rings is 1. The van der Waals surface area contributed by atoms with Gasteiger partial charge in [0.05, 0.1) is 16.9 Å². The Morgan fingerprint density at radius 1 is 0.857 bits per heavy atom. The summed E-state index contributed by atoms with van der Waals surface area (Å²) >= 11 is 3.47. The van der Waals surface area contributed by atoms with Gasteiger partial charge in [-0.25, -0.2) is 15.0 Å². The summed E-state index contributed by atoms with van der Waals surface area (Å²) in [7, 11) is 0. The Hall–Kier alpha value is -1.81. The Bertz CT molecular complexity index is 806. The number of halogens is 1. The zero-order chi connectivity index (χ0) is 15.0. The smallest absolute Gasteiger partial charge is 0.135 e. The van der Waals surface area contributed by atoms with Crippen LogP contribution in [0.1, 0.15) is 26.6 Å². The molecule has 0 unspecified atom stereocenters. The van der Waals surface area contributed by atoms with E-state index in [0.717, 1.165) is 32.7 Å². The van der Waals surface area contributed by atoms with E-state index >= 15 is 0 Å². The molecule has 0 N–H and O–H groups in total. The molecule has 2 aromatic heterocycles. The highest BCUT2D eigenvalue weighted by molar-refractivity contribution is 9.10. The fourth-order valence-corrected chi connectivity index (χ4v) is 2.48. The van der Waals surface area contributed by atoms with Crippen molar-refractivity contribution in [3.05, 3.63) is 52.9 Å². The number of hydrogen-bond donors (Lipinski definition) is 0. The molecule has 0 spiro atoms. The van der Waals surface area contributed by atoms with Gasteiger partial charge in [0.1, 0.15) is 10.4 Å². The van der Waals surface area contributed by atoms with Gasteiger partial charge in [-0.05, 0) is 34.1 Å². The van der Waals surface area contributed by atoms with Gasteiger partial charge in [0, 0.05) is 10.8 Å². The molecule has 3 rings (SSSR count). The molecule has 0 bridgehead atoms. The zero-order valence-corrected chi connectivity index (χ0v) is 13.8. The topological polar surface area (TPSA) is 38.7 Å². The van der Waals surface area contributed by atoms with Crippen LogP contribution in [0.4, 0.5) is 0 Å². The molecule has 0 aliphatic carbocycles. The molecule has 3 aromatic rings. The highest BCUT2D eigenvalue weighted by Crippen LogP contribution is 2.25. The lowest BCUT2D eigenvalue weighted by atomic mass is 9.95. The predicted octanol–water partition coefficient (Wildman–Crippen LogP) is 4.75. The zero-order valence-electron chi connectivity index (χ0n) is 12.3. The van der Waals surface area contributed by atoms with E-state index in [1.54, 1.807) is 0 Å². The molecule has 3 nitrogen and oxygen atoms in total. The second-order valence-corrected chi connectivity index (χ2v) is 6.85. The van der Waals surface area contributed by atoms with E-state index in [2.05, 4.69) is 58.8 Å². The lowest BCUT2D eigenvalue weighted by Gasteiger charge is -2.17. The average molecular weight is 342 g/mol. The van der Waals surface area contributed by atoms with Crippen LogP contribution < -0.4 is 0 Å². The Labute approximate surface area is 132 Å². The number of rotatable bonds is 1. The summed E-state index contributed by atoms with van der Waals surface area (Å²) in [5.41, 5.74) is 2.58. The van der Waals surface area contributed by atoms with Crippen LogP contribution in [0.3, 0.4) is 0 Å². The average Bonchev–Trinajstić information content (AvgIpc) is 2.45. The molecule has 0 aliphatic rings. The normalized spacial score (nSPS) is 11.8. The van der Waals surface area contributed by atoms with E-state index in [1.165, 1.54) is 0 Å². The van der Waals surface area contributed by atoms with Crippen molar-refractivity contribution in [2.75, 3.05) is 0 Å². The summed E-state index contributed by atoms with van der Waals surface area (Å²) in [4.78, 5) is 13.8. The molecule has 0 saturated carbocycles. The number of benzene rings is 1. The van der Waals surface area contributed by atoms with Gasteiger partial charge in [0.25, 0.3) is 0 Å². The Kier molecular flexibility index (Phi) is 3.49. The number of para-hydroxylation sites is 1. The van der Waals surface area contributed by atoms with Crippen molar-refractivity contribution >= 4 is 26.8 Å². The Morgan fingerprint density at radius 3 is 2.38 bits per heavy atom. The molecule has 2 heterocycles. The van der Waals surface area contributed by atoms with Crippen LogP contribution in [0.2, 0.25) is 0 Å². The summed E-state index contributed by atoms with van der Waals surface area (Å²) in [5, 5.41) is 1.13. The largest absolute Gasteiger partial charge is 0.246 e. The molecule has 21 heavy (non-hydrogen) atoms. The number of nitrogens with zero attached hydrogens (tertiary/aromatic N) is 3. The van der Waals surface area contributed by atoms with Gasteiger partial charge in [-0.2, -0.15) is 0 Å². The lowest BCUT2D eigenvalue weighted by molar-refractivity contribution is 0.544. The summed E-state index contributed by atoms with van der Waals surface area (Å²) in [6.07, 6.45) is 0. The molecule has 4 heteroatoms. The summed E-state index contributed by atoms with van der Waals surface area (Å²) < 4.78 is 0.785. The van der Waals surface area contributed by atoms with Crippen molar-refractivity contribution in [2.45, 2.75) is 26.2 Å². The predicted molar refractivity (Wildman–Crippen MR) is 89.2 cm³/mol. The minimum Gasteiger partial charge on any atom is -0.246 e. The van der Waals surface area contributed by atoms with E-state index in [9.17, 15) is 0 Å². The Balaban J connectivity index is 2.16. The first-order valence-electron chi connectivity index (χ1n) is 6.85. The van der Waals surface area contributed by atoms with Gasteiger partial charge in [-0.3, -0.25) is 0 Å². The lowest BCUT2D eigenvalue weighted by Crippen LogP contribution is -2.16. The van der Waals surface area contributed by atoms with Gasteiger partial charge in [-0.15, -0.1) is 0 Å². The van der Waals surface area contributed by atoms with Crippen LogP contribution in [-0.2, 0) is 5.41 Å². The van der Waals surface area contributed by atoms with E-state index in [1.807, 2.05) is 30.3 Å². The van der Waals surface area contributed by atoms with E-state index in [-0.39, 0.29) is 5.41 Å². The number of hydrogen-bond acceptors (Lipinski definition) is 3. The number of aromatic nitrogens is 3. The minimum atomic E-state index is -0.102. The maximum atomic E-state index is 4.70. The van der Waals surface area contributed by atoms with Crippen LogP contribution >= 0.6 is 15.9 Å². The van der Waals surface area contributed by atoms with Crippen molar-refractivity contribution < 1.29 is 0 Å². The molecular formula is C17H16BrN3. The molecule has 0 saturated heterocycles. The third kappa shape index (κ3) is 2.95. The van der Waals surface area contributed by atoms with Crippen LogP contribution in [0, 0.1) is 0 Å². The van der Waals surface area contributed by atoms with Crippen molar-refractivity contribution in [1.82, 2.24) is 15.0 Å². The van der Waals surface area contributed by atoms with Crippen molar-refractivity contribution in [2.24, 2.45) is 0 Å². The molecule has 106 valence electrons. The molecule has 0 aliphatic heterocycles. The maximum absolute atomic E-state index is 4.70. The van der Waals surface area contributed by atoms with Crippen molar-refractivity contribution in [3.8, 4) is 11.4 Å². The van der Waals surface area contributed by atoms with Crippen LogP contribution in [0.5, 0.6) is 0 Å². The first-order valence-corrected chi connectivity index (χ1v) is 7.64. The van der Waals surface area contributed by atoms with Crippen LogP contribution in [0.25, 0.3) is 22.3 Å². The van der Waals surface area contributed by atoms with E-state index in [4.69, 9.17) is 4.98 Å². The van der Waals surface area contributed by atoms with Gasteiger partial charge >= 0.3 is 0 Å². The second-order valence-electron chi connectivity index (χ2n) is 6.04. The highest BCUT2D eigenvalue weighted by atomic mass is 79.9. The Morgan fingerprint density at radius 2 is 1.62 bits per heavy atom. The van der Waals surface area contributed by atoms with Gasteiger partial charge in [0.2, 0.25) is 0 Å². The standard InChI is InChI=1S/C17H16BrN3/c1-17(2,3)16-20-14(10-15(18)21-16)13-9-8-11-6-4-5-7-12(11)19-13/h4-10H,1-3H3. The molecule has 0 amide bonds. The SMILES string of the molecule is CC(C)(C)c1nc(Br)cc(-c2ccc3ccccc3n2)n1. The fraction of sp³-hybridized carbons (Fsp3) is 0.235. The van der Waals surface area contributed by atoms with E-state index in [0.29, 0.717) is 0 Å². The quantitative estimate of drug-likeness (QED) is 0.599. The monoisotopic (exact) mass is 341 g/mol. The summed E-state index contributed by atoms with van der Waals surface area (Å²) in [5.74, 6) is 0.807. The molecule has 0 radical (unpaired) electrons. The first-order chi connectivity index (χ1) is 9.93. The van der Waals surface area contributed by atoms with Crippen LogP contribution in [-0.4, -0.2) is 15.0 Å². The van der Waals surface area contributed by atoms with Crippen molar-refractivity contribution in [3.63, 3.8) is 0 Å². The maximum Gasteiger partial charge on any atom is 0.135 e. The van der Waals surface area contributed by atoms with Crippen LogP contribution in [0.15, 0.2) is 47.1 Å². The second kappa shape index (κ2) is 5.19. The van der Waals surface area contributed by atoms with Gasteiger partial charge in [0.15, 0.2) is 0 Å². The van der Waals surface area contributed by atoms with E-state index < -0.39 is 0 Å².